The molecule has 0 radical (unpaired) electrons. The molecule has 4 aromatic rings. The molecule has 4 rings (SSSR count). The second kappa shape index (κ2) is 11.8. The number of hydrogen-bond acceptors (Lipinski definition) is 3. The fourth-order valence-corrected chi connectivity index (χ4v) is 5.85. The van der Waals surface area contributed by atoms with E-state index >= 15 is 0 Å². The second-order valence-corrected chi connectivity index (χ2v) is 10.8. The number of rotatable bonds is 15. The summed E-state index contributed by atoms with van der Waals surface area (Å²) in [5, 5.41) is 16.1. The fourth-order valence-electron chi connectivity index (χ4n) is 5.85. The summed E-state index contributed by atoms with van der Waals surface area (Å²) in [6.07, 6.45) is 13.7. The summed E-state index contributed by atoms with van der Waals surface area (Å²) >= 11 is 0. The van der Waals surface area contributed by atoms with Crippen molar-refractivity contribution < 1.29 is 0 Å². The Morgan fingerprint density at radius 3 is 2.66 bits per heavy atom. The maximum atomic E-state index is 4.83. The van der Waals surface area contributed by atoms with Gasteiger partial charge in [-0.15, -0.1) is 0 Å². The molecule has 2 N–H and O–H groups in total. The van der Waals surface area contributed by atoms with Crippen molar-refractivity contribution in [3.63, 3.8) is 0 Å². The maximum absolute atomic E-state index is 4.83. The first-order valence-electron chi connectivity index (χ1n) is 13.8. The molecule has 2 unspecified atom stereocenters. The van der Waals surface area contributed by atoms with Crippen LogP contribution in [0.1, 0.15) is 70.0 Å². The van der Waals surface area contributed by atoms with Crippen molar-refractivity contribution in [1.82, 2.24) is 25.0 Å². The zero-order valence-electron chi connectivity index (χ0n) is 23.4. The fraction of sp³-hybridized carbons (Fsp3) is 0.364. The Labute approximate surface area is 227 Å². The van der Waals surface area contributed by atoms with E-state index in [-0.39, 0.29) is 5.54 Å². The van der Waals surface area contributed by atoms with Crippen LogP contribution in [0.2, 0.25) is 0 Å². The summed E-state index contributed by atoms with van der Waals surface area (Å²) in [5.41, 5.74) is 4.77. The molecule has 0 saturated carbocycles. The predicted molar refractivity (Wildman–Crippen MR) is 163 cm³/mol. The van der Waals surface area contributed by atoms with Crippen LogP contribution in [0.3, 0.4) is 0 Å². The SMILES string of the molecule is C=CNCCC(C)(CCC)n1cc(Cc2ccc3c4c2cccc4c(=C)n3C(C)CCC(=C)NC=C)cn1. The molecule has 0 aliphatic carbocycles. The standard InChI is InChI=1S/C33H43N5/c1-8-18-33(7,19-20-34-9-2)37-23-27(22-36-37)21-28-16-17-31-32-29(12-11-13-30(28)32)26(6)38(31)25(5)15-14-24(4)35-10-3/h9-13,16-17,22-23,25,34-35H,2-4,6,8,14-15,18-21H2,1,5,7H3. The molecule has 2 aromatic carbocycles. The zero-order valence-corrected chi connectivity index (χ0v) is 23.4. The highest BCUT2D eigenvalue weighted by atomic mass is 15.3. The normalized spacial score (nSPS) is 13.9. The van der Waals surface area contributed by atoms with Gasteiger partial charge in [0.25, 0.3) is 0 Å². The van der Waals surface area contributed by atoms with Gasteiger partial charge in [0.15, 0.2) is 0 Å². The molecule has 2 heterocycles. The van der Waals surface area contributed by atoms with Crippen molar-refractivity contribution >= 4 is 28.3 Å². The highest BCUT2D eigenvalue weighted by Gasteiger charge is 2.26. The molecule has 0 amide bonds. The first-order chi connectivity index (χ1) is 18.3. The smallest absolute Gasteiger partial charge is 0.0616 e. The Kier molecular flexibility index (Phi) is 8.45. The largest absolute Gasteiger partial charge is 0.391 e. The summed E-state index contributed by atoms with van der Waals surface area (Å²) in [4.78, 5) is 0. The molecule has 2 aromatic heterocycles. The van der Waals surface area contributed by atoms with Gasteiger partial charge >= 0.3 is 0 Å². The van der Waals surface area contributed by atoms with Gasteiger partial charge in [-0.05, 0) is 74.5 Å². The minimum absolute atomic E-state index is 0.0219. The van der Waals surface area contributed by atoms with Crippen molar-refractivity contribution in [1.29, 1.82) is 0 Å². The van der Waals surface area contributed by atoms with Gasteiger partial charge in [0, 0.05) is 52.5 Å². The topological polar surface area (TPSA) is 46.8 Å². The molecule has 200 valence electrons. The van der Waals surface area contributed by atoms with Crippen LogP contribution in [0, 0.1) is 0 Å². The Balaban J connectivity index is 1.64. The summed E-state index contributed by atoms with van der Waals surface area (Å²) < 4.78 is 4.57. The van der Waals surface area contributed by atoms with Gasteiger partial charge in [0.2, 0.25) is 0 Å². The lowest BCUT2D eigenvalue weighted by Gasteiger charge is -2.30. The number of nitrogens with one attached hydrogen (secondary N) is 2. The Morgan fingerprint density at radius 1 is 1.13 bits per heavy atom. The number of nitrogens with zero attached hydrogens (tertiary/aromatic N) is 3. The monoisotopic (exact) mass is 509 g/mol. The summed E-state index contributed by atoms with van der Waals surface area (Å²) in [6.45, 7) is 23.8. The first-order valence-corrected chi connectivity index (χ1v) is 13.8. The first kappa shape index (κ1) is 27.3. The van der Waals surface area contributed by atoms with Crippen molar-refractivity contribution in [2.75, 3.05) is 6.54 Å². The lowest BCUT2D eigenvalue weighted by molar-refractivity contribution is 0.241. The molecule has 5 heteroatoms. The molecule has 0 aliphatic heterocycles. The molecule has 0 bridgehead atoms. The molecular weight excluding hydrogens is 466 g/mol. The number of allylic oxidation sites excluding steroid dienone is 1. The third-order valence-corrected chi connectivity index (χ3v) is 7.91. The van der Waals surface area contributed by atoms with Crippen molar-refractivity contribution in [3.8, 4) is 0 Å². The van der Waals surface area contributed by atoms with Crippen LogP contribution >= 0.6 is 0 Å². The van der Waals surface area contributed by atoms with Gasteiger partial charge in [0.05, 0.1) is 11.7 Å². The molecule has 0 saturated heterocycles. The van der Waals surface area contributed by atoms with Gasteiger partial charge in [-0.25, -0.2) is 0 Å². The number of aromatic nitrogens is 3. The van der Waals surface area contributed by atoms with Crippen molar-refractivity contribution in [3.05, 3.63) is 97.0 Å². The van der Waals surface area contributed by atoms with Gasteiger partial charge in [-0.1, -0.05) is 63.9 Å². The predicted octanol–water partition coefficient (Wildman–Crippen LogP) is 6.94. The number of hydrogen-bond donors (Lipinski definition) is 2. The Morgan fingerprint density at radius 2 is 1.92 bits per heavy atom. The average Bonchev–Trinajstić information content (AvgIpc) is 3.49. The Hall–Kier alpha value is -3.73. The van der Waals surface area contributed by atoms with Gasteiger partial charge in [-0.2, -0.15) is 5.10 Å². The van der Waals surface area contributed by atoms with E-state index < -0.39 is 0 Å². The minimum Gasteiger partial charge on any atom is -0.391 e. The molecule has 0 spiro atoms. The zero-order chi connectivity index (χ0) is 27.3. The minimum atomic E-state index is -0.0219. The lowest BCUT2D eigenvalue weighted by atomic mass is 9.92. The van der Waals surface area contributed by atoms with E-state index in [0.29, 0.717) is 6.04 Å². The summed E-state index contributed by atoms with van der Waals surface area (Å²) in [5.74, 6) is 0. The number of benzene rings is 2. The van der Waals surface area contributed by atoms with E-state index in [4.69, 9.17) is 5.10 Å². The highest BCUT2D eigenvalue weighted by Crippen LogP contribution is 2.33. The third kappa shape index (κ3) is 5.42. The summed E-state index contributed by atoms with van der Waals surface area (Å²) in [6, 6.07) is 11.5. The maximum Gasteiger partial charge on any atom is 0.0616 e. The van der Waals surface area contributed by atoms with E-state index in [0.717, 1.165) is 56.1 Å². The van der Waals surface area contributed by atoms with Crippen LogP contribution in [0.5, 0.6) is 0 Å². The third-order valence-electron chi connectivity index (χ3n) is 7.91. The van der Waals surface area contributed by atoms with Crippen molar-refractivity contribution in [2.24, 2.45) is 0 Å². The van der Waals surface area contributed by atoms with Crippen LogP contribution in [0.25, 0.3) is 28.3 Å². The Bertz CT molecular complexity index is 1470. The van der Waals surface area contributed by atoms with Crippen LogP contribution in [-0.2, 0) is 12.0 Å². The van der Waals surface area contributed by atoms with E-state index in [1.165, 1.54) is 32.8 Å². The molecule has 0 fully saturated rings. The van der Waals surface area contributed by atoms with Crippen LogP contribution < -0.4 is 16.0 Å². The average molecular weight is 510 g/mol. The molecule has 0 aliphatic rings. The van der Waals surface area contributed by atoms with E-state index in [2.05, 4.69) is 103 Å². The molecule has 38 heavy (non-hydrogen) atoms. The van der Waals surface area contributed by atoms with Gasteiger partial charge in [0.1, 0.15) is 0 Å². The quantitative estimate of drug-likeness (QED) is 0.171. The summed E-state index contributed by atoms with van der Waals surface area (Å²) in [7, 11) is 0. The van der Waals surface area contributed by atoms with E-state index in [1.807, 2.05) is 6.20 Å². The van der Waals surface area contributed by atoms with E-state index in [9.17, 15) is 0 Å². The molecular formula is C33H43N5. The second-order valence-electron chi connectivity index (χ2n) is 10.8. The van der Waals surface area contributed by atoms with Gasteiger partial charge < -0.3 is 15.2 Å². The highest BCUT2D eigenvalue weighted by molar-refractivity contribution is 6.11. The van der Waals surface area contributed by atoms with E-state index in [1.54, 1.807) is 12.4 Å². The molecule has 2 atom stereocenters. The van der Waals surface area contributed by atoms with Gasteiger partial charge in [-0.3, -0.25) is 4.68 Å². The lowest BCUT2D eigenvalue weighted by Crippen LogP contribution is -2.33. The molecule has 5 nitrogen and oxygen atoms in total. The van der Waals surface area contributed by atoms with Crippen molar-refractivity contribution in [2.45, 2.75) is 70.9 Å². The van der Waals surface area contributed by atoms with Crippen LogP contribution in [0.15, 0.2) is 80.6 Å². The van der Waals surface area contributed by atoms with Crippen LogP contribution in [-0.4, -0.2) is 20.9 Å². The van der Waals surface area contributed by atoms with Crippen LogP contribution in [0.4, 0.5) is 0 Å².